The highest BCUT2D eigenvalue weighted by Crippen LogP contribution is 2.38. The molecule has 3 aromatic rings. The Bertz CT molecular complexity index is 927. The van der Waals surface area contributed by atoms with Crippen molar-refractivity contribution in [2.45, 2.75) is 20.0 Å². The predicted octanol–water partition coefficient (Wildman–Crippen LogP) is 5.13. The summed E-state index contributed by atoms with van der Waals surface area (Å²) in [4.78, 5) is 13.6. The van der Waals surface area contributed by atoms with E-state index in [0.29, 0.717) is 10.8 Å². The van der Waals surface area contributed by atoms with Crippen molar-refractivity contribution in [1.82, 2.24) is 5.32 Å². The summed E-state index contributed by atoms with van der Waals surface area (Å²) in [6.45, 7) is 3.99. The Morgan fingerprint density at radius 3 is 2.58 bits per heavy atom. The van der Waals surface area contributed by atoms with Gasteiger partial charge in [0, 0.05) is 15.5 Å². The molecule has 122 valence electrons. The van der Waals surface area contributed by atoms with E-state index in [0.717, 1.165) is 32.3 Å². The van der Waals surface area contributed by atoms with Gasteiger partial charge < -0.3 is 15.1 Å². The van der Waals surface area contributed by atoms with E-state index in [-0.39, 0.29) is 12.1 Å². The van der Waals surface area contributed by atoms with Crippen molar-refractivity contribution < 1.29 is 9.21 Å². The number of amides is 1. The second-order valence-corrected chi connectivity index (χ2v) is 7.41. The van der Waals surface area contributed by atoms with Crippen molar-refractivity contribution in [1.29, 1.82) is 0 Å². The molecule has 0 radical (unpaired) electrons. The largest absolute Gasteiger partial charge is 0.457 e. The average Bonchev–Trinajstić information content (AvgIpc) is 3.14. The van der Waals surface area contributed by atoms with Crippen LogP contribution in [0, 0.1) is 13.8 Å². The number of rotatable bonds is 2. The molecule has 1 atom stereocenters. The molecule has 1 aromatic carbocycles. The molecule has 0 saturated heterocycles. The highest BCUT2D eigenvalue weighted by atomic mass is 35.5. The minimum Gasteiger partial charge on any atom is -0.457 e. The topological polar surface area (TPSA) is 54.3 Å². The first kappa shape index (κ1) is 15.3. The Kier molecular flexibility index (Phi) is 3.62. The number of benzene rings is 1. The number of carbonyl (C=O) groups excluding carboxylic acids is 1. The minimum atomic E-state index is -0.372. The summed E-state index contributed by atoms with van der Waals surface area (Å²) in [6, 6.07) is 11.2. The van der Waals surface area contributed by atoms with Crippen LogP contribution in [-0.2, 0) is 0 Å². The number of hydrogen-bond donors (Lipinski definition) is 2. The molecule has 1 aliphatic heterocycles. The zero-order chi connectivity index (χ0) is 16.8. The van der Waals surface area contributed by atoms with Crippen LogP contribution >= 0.6 is 22.9 Å². The van der Waals surface area contributed by atoms with Gasteiger partial charge >= 0.3 is 0 Å². The zero-order valence-electron chi connectivity index (χ0n) is 13.1. The van der Waals surface area contributed by atoms with Crippen LogP contribution in [0.2, 0.25) is 5.02 Å². The molecule has 24 heavy (non-hydrogen) atoms. The summed E-state index contributed by atoms with van der Waals surface area (Å²) >= 11 is 7.51. The van der Waals surface area contributed by atoms with Crippen LogP contribution in [0.15, 0.2) is 40.8 Å². The molecule has 0 bridgehead atoms. The van der Waals surface area contributed by atoms with E-state index in [1.54, 1.807) is 11.3 Å². The molecule has 0 saturated carbocycles. The molecule has 0 aliphatic carbocycles. The normalized spacial score (nSPS) is 16.5. The highest BCUT2D eigenvalue weighted by Gasteiger charge is 2.30. The van der Waals surface area contributed by atoms with E-state index in [2.05, 4.69) is 10.6 Å². The van der Waals surface area contributed by atoms with Crippen LogP contribution < -0.4 is 10.6 Å². The number of thiophene rings is 1. The third kappa shape index (κ3) is 2.50. The average molecular weight is 359 g/mol. The van der Waals surface area contributed by atoms with E-state index in [4.69, 9.17) is 16.0 Å². The van der Waals surface area contributed by atoms with Gasteiger partial charge in [0.25, 0.3) is 5.91 Å². The Morgan fingerprint density at radius 1 is 1.08 bits per heavy atom. The number of aryl methyl sites for hydroxylation is 1. The molecule has 0 unspecified atom stereocenters. The first-order valence-corrected chi connectivity index (χ1v) is 8.75. The van der Waals surface area contributed by atoms with Crippen LogP contribution in [-0.4, -0.2) is 5.91 Å². The lowest BCUT2D eigenvalue weighted by Crippen LogP contribution is -2.37. The second kappa shape index (κ2) is 5.69. The lowest BCUT2D eigenvalue weighted by atomic mass is 10.1. The van der Waals surface area contributed by atoms with Crippen LogP contribution in [0.1, 0.15) is 32.7 Å². The van der Waals surface area contributed by atoms with Crippen molar-refractivity contribution in [3.8, 4) is 11.3 Å². The lowest BCUT2D eigenvalue weighted by molar-refractivity contribution is 0.0931. The van der Waals surface area contributed by atoms with Gasteiger partial charge in [-0.25, -0.2) is 0 Å². The fourth-order valence-electron chi connectivity index (χ4n) is 2.79. The summed E-state index contributed by atoms with van der Waals surface area (Å²) < 4.78 is 5.93. The molecule has 1 amide bonds. The lowest BCUT2D eigenvalue weighted by Gasteiger charge is -2.24. The van der Waals surface area contributed by atoms with E-state index in [1.807, 2.05) is 50.2 Å². The number of fused-ring (bicyclic) bond motifs is 1. The van der Waals surface area contributed by atoms with Crippen LogP contribution in [0.3, 0.4) is 0 Å². The minimum absolute atomic E-state index is 0.0694. The molecule has 0 fully saturated rings. The number of carbonyl (C=O) groups is 1. The molecule has 1 aliphatic rings. The van der Waals surface area contributed by atoms with Gasteiger partial charge in [0.1, 0.15) is 16.5 Å². The number of hydrogen-bond acceptors (Lipinski definition) is 4. The summed E-state index contributed by atoms with van der Waals surface area (Å²) in [5.74, 6) is 1.34. The maximum absolute atomic E-state index is 12.4. The quantitative estimate of drug-likeness (QED) is 0.667. The van der Waals surface area contributed by atoms with Crippen molar-refractivity contribution in [3.05, 3.63) is 63.2 Å². The number of anilines is 1. The van der Waals surface area contributed by atoms with Gasteiger partial charge in [-0.1, -0.05) is 11.6 Å². The van der Waals surface area contributed by atoms with Gasteiger partial charge in [0.2, 0.25) is 0 Å². The van der Waals surface area contributed by atoms with E-state index in [9.17, 15) is 4.79 Å². The fourth-order valence-corrected chi connectivity index (χ4v) is 4.00. The molecule has 2 N–H and O–H groups in total. The summed E-state index contributed by atoms with van der Waals surface area (Å²) in [7, 11) is 0. The van der Waals surface area contributed by atoms with Crippen molar-refractivity contribution in [2.75, 3.05) is 5.32 Å². The van der Waals surface area contributed by atoms with Gasteiger partial charge in [-0.2, -0.15) is 0 Å². The Hall–Kier alpha value is -2.24. The smallest absolute Gasteiger partial charge is 0.256 e. The molecule has 4 rings (SSSR count). The molecule has 6 heteroatoms. The molecule has 2 aromatic heterocycles. The van der Waals surface area contributed by atoms with E-state index >= 15 is 0 Å². The number of furan rings is 1. The molecule has 3 heterocycles. The predicted molar refractivity (Wildman–Crippen MR) is 96.8 cm³/mol. The summed E-state index contributed by atoms with van der Waals surface area (Å²) in [5.41, 5.74) is 2.70. The first-order chi connectivity index (χ1) is 11.5. The van der Waals surface area contributed by atoms with Crippen molar-refractivity contribution >= 4 is 33.8 Å². The third-order valence-corrected chi connectivity index (χ3v) is 5.59. The fraction of sp³-hybridized carbons (Fsp3) is 0.167. The summed E-state index contributed by atoms with van der Waals surface area (Å²) in [5, 5.41) is 7.88. The maximum atomic E-state index is 12.4. The molecular weight excluding hydrogens is 344 g/mol. The summed E-state index contributed by atoms with van der Waals surface area (Å²) in [6.07, 6.45) is -0.372. The van der Waals surface area contributed by atoms with Crippen LogP contribution in [0.25, 0.3) is 11.3 Å². The molecular formula is C18H15ClN2O2S. The maximum Gasteiger partial charge on any atom is 0.256 e. The molecule has 4 nitrogen and oxygen atoms in total. The highest BCUT2D eigenvalue weighted by molar-refractivity contribution is 7.16. The second-order valence-electron chi connectivity index (χ2n) is 5.75. The monoisotopic (exact) mass is 358 g/mol. The Morgan fingerprint density at radius 2 is 1.83 bits per heavy atom. The SMILES string of the molecule is Cc1sc2c(c1C)C(=O)N[C@@H](c1ccc(-c3ccc(Cl)cc3)o1)N2. The van der Waals surface area contributed by atoms with Gasteiger partial charge in [-0.3, -0.25) is 4.79 Å². The van der Waals surface area contributed by atoms with Crippen molar-refractivity contribution in [2.24, 2.45) is 0 Å². The van der Waals surface area contributed by atoms with Gasteiger partial charge in [0.15, 0.2) is 6.17 Å². The number of nitrogens with one attached hydrogen (secondary N) is 2. The molecule has 0 spiro atoms. The van der Waals surface area contributed by atoms with Crippen LogP contribution in [0.5, 0.6) is 0 Å². The number of halogens is 1. The van der Waals surface area contributed by atoms with Gasteiger partial charge in [0.05, 0.1) is 5.56 Å². The van der Waals surface area contributed by atoms with Gasteiger partial charge in [-0.05, 0) is 55.8 Å². The van der Waals surface area contributed by atoms with E-state index < -0.39 is 0 Å². The van der Waals surface area contributed by atoms with E-state index in [1.165, 1.54) is 0 Å². The van der Waals surface area contributed by atoms with Crippen molar-refractivity contribution in [3.63, 3.8) is 0 Å². The van der Waals surface area contributed by atoms with Crippen LogP contribution in [0.4, 0.5) is 5.00 Å². The third-order valence-electron chi connectivity index (χ3n) is 4.20. The standard InChI is InChI=1S/C18H15ClN2O2S/c1-9-10(2)24-18-15(9)17(22)20-16(21-18)14-8-7-13(23-14)11-3-5-12(19)6-4-11/h3-8,16,21H,1-2H3,(H,20,22)/t16-/m1/s1. The van der Waals surface area contributed by atoms with Gasteiger partial charge in [-0.15, -0.1) is 11.3 Å². The Balaban J connectivity index is 1.64. The first-order valence-electron chi connectivity index (χ1n) is 7.56. The zero-order valence-corrected chi connectivity index (χ0v) is 14.7. The Labute approximate surface area is 148 Å².